The predicted octanol–water partition coefficient (Wildman–Crippen LogP) is 1.16. The van der Waals surface area contributed by atoms with Crippen molar-refractivity contribution in [1.29, 1.82) is 0 Å². The first-order chi connectivity index (χ1) is 6.52. The molecule has 1 aromatic heterocycles. The Morgan fingerprint density at radius 1 is 1.57 bits per heavy atom. The lowest BCUT2D eigenvalue weighted by Gasteiger charge is -2.06. The van der Waals surface area contributed by atoms with Crippen LogP contribution in [0.4, 0.5) is 5.88 Å². The number of anilines is 1. The summed E-state index contributed by atoms with van der Waals surface area (Å²) in [5.74, 6) is 0.184. The number of nitrogens with two attached hydrogens (primary N) is 1. The van der Waals surface area contributed by atoms with Crippen LogP contribution >= 0.6 is 11.6 Å². The molecule has 0 aromatic carbocycles. The standard InChI is InChI=1S/C7H9ClN2O3S/c8-6-5(7(9)13-10-6)4-2-1-3-14(4,11)12/h4H,1-3,9H2. The molecular formula is C7H9ClN2O3S. The Morgan fingerprint density at radius 3 is 2.71 bits per heavy atom. The number of halogens is 1. The van der Waals surface area contributed by atoms with Crippen LogP contribution in [0, 0.1) is 0 Å². The van der Waals surface area contributed by atoms with Crippen LogP contribution < -0.4 is 5.73 Å². The van der Waals surface area contributed by atoms with Gasteiger partial charge in [0.05, 0.1) is 16.6 Å². The number of aromatic nitrogens is 1. The van der Waals surface area contributed by atoms with Crippen molar-refractivity contribution in [1.82, 2.24) is 5.16 Å². The molecule has 1 atom stereocenters. The second kappa shape index (κ2) is 3.13. The second-order valence-electron chi connectivity index (χ2n) is 3.25. The van der Waals surface area contributed by atoms with Gasteiger partial charge in [-0.15, -0.1) is 0 Å². The Morgan fingerprint density at radius 2 is 2.29 bits per heavy atom. The Labute approximate surface area is 86.1 Å². The molecule has 2 heterocycles. The van der Waals surface area contributed by atoms with Crippen LogP contribution in [0.2, 0.25) is 5.15 Å². The highest BCUT2D eigenvalue weighted by Crippen LogP contribution is 2.40. The third kappa shape index (κ3) is 1.38. The summed E-state index contributed by atoms with van der Waals surface area (Å²) >= 11 is 5.70. The van der Waals surface area contributed by atoms with Gasteiger partial charge in [0.15, 0.2) is 15.0 Å². The van der Waals surface area contributed by atoms with Gasteiger partial charge in [-0.25, -0.2) is 8.42 Å². The highest BCUT2D eigenvalue weighted by atomic mass is 35.5. The molecule has 1 unspecified atom stereocenters. The van der Waals surface area contributed by atoms with E-state index in [1.54, 1.807) is 0 Å². The minimum Gasteiger partial charge on any atom is -0.367 e. The molecule has 7 heteroatoms. The molecule has 2 N–H and O–H groups in total. The van der Waals surface area contributed by atoms with E-state index in [1.165, 1.54) is 0 Å². The zero-order valence-corrected chi connectivity index (χ0v) is 8.81. The smallest absolute Gasteiger partial charge is 0.228 e. The predicted molar refractivity (Wildman–Crippen MR) is 51.7 cm³/mol. The first kappa shape index (κ1) is 9.79. The summed E-state index contributed by atoms with van der Waals surface area (Å²) < 4.78 is 27.8. The van der Waals surface area contributed by atoms with E-state index in [4.69, 9.17) is 17.3 Å². The zero-order valence-electron chi connectivity index (χ0n) is 7.23. The monoisotopic (exact) mass is 236 g/mol. The average Bonchev–Trinajstić information content (AvgIpc) is 2.57. The zero-order chi connectivity index (χ0) is 10.3. The largest absolute Gasteiger partial charge is 0.367 e. The fourth-order valence-electron chi connectivity index (χ4n) is 1.70. The number of hydrogen-bond donors (Lipinski definition) is 1. The van der Waals surface area contributed by atoms with Gasteiger partial charge in [-0.3, -0.25) is 0 Å². The Balaban J connectivity index is 2.50. The van der Waals surface area contributed by atoms with Crippen molar-refractivity contribution in [2.24, 2.45) is 0 Å². The van der Waals surface area contributed by atoms with Crippen molar-refractivity contribution in [3.63, 3.8) is 0 Å². The normalized spacial score (nSPS) is 25.4. The summed E-state index contributed by atoms with van der Waals surface area (Å²) in [7, 11) is -3.12. The fourth-order valence-corrected chi connectivity index (χ4v) is 3.99. The SMILES string of the molecule is Nc1onc(Cl)c1C1CCCS1(=O)=O. The van der Waals surface area contributed by atoms with E-state index in [2.05, 4.69) is 9.68 Å². The van der Waals surface area contributed by atoms with Gasteiger partial charge in [0.25, 0.3) is 0 Å². The fraction of sp³-hybridized carbons (Fsp3) is 0.571. The van der Waals surface area contributed by atoms with Gasteiger partial charge in [0.2, 0.25) is 5.88 Å². The van der Waals surface area contributed by atoms with Crippen molar-refractivity contribution in [2.75, 3.05) is 11.5 Å². The van der Waals surface area contributed by atoms with Crippen molar-refractivity contribution in [3.8, 4) is 0 Å². The van der Waals surface area contributed by atoms with E-state index in [9.17, 15) is 8.42 Å². The van der Waals surface area contributed by atoms with Crippen molar-refractivity contribution in [2.45, 2.75) is 18.1 Å². The Bertz CT molecular complexity index is 434. The molecule has 0 saturated carbocycles. The number of sulfone groups is 1. The molecule has 0 aliphatic carbocycles. The van der Waals surface area contributed by atoms with E-state index in [-0.39, 0.29) is 16.8 Å². The number of nitrogens with zero attached hydrogens (tertiary/aromatic N) is 1. The van der Waals surface area contributed by atoms with Gasteiger partial charge in [0.1, 0.15) is 0 Å². The molecule has 2 rings (SSSR count). The van der Waals surface area contributed by atoms with Crippen LogP contribution in [0.15, 0.2) is 4.52 Å². The molecule has 0 amide bonds. The molecule has 1 aromatic rings. The molecule has 0 bridgehead atoms. The lowest BCUT2D eigenvalue weighted by molar-refractivity contribution is 0.436. The van der Waals surface area contributed by atoms with E-state index in [0.29, 0.717) is 18.4 Å². The van der Waals surface area contributed by atoms with E-state index in [1.807, 2.05) is 0 Å². The van der Waals surface area contributed by atoms with Crippen LogP contribution in [0.1, 0.15) is 23.7 Å². The summed E-state index contributed by atoms with van der Waals surface area (Å²) in [6, 6.07) is 0. The van der Waals surface area contributed by atoms with Gasteiger partial charge >= 0.3 is 0 Å². The third-order valence-electron chi connectivity index (χ3n) is 2.36. The molecule has 1 saturated heterocycles. The third-order valence-corrected chi connectivity index (χ3v) is 4.83. The van der Waals surface area contributed by atoms with Gasteiger partial charge in [-0.2, -0.15) is 0 Å². The molecular weight excluding hydrogens is 228 g/mol. The topological polar surface area (TPSA) is 86.2 Å². The van der Waals surface area contributed by atoms with Gasteiger partial charge in [0, 0.05) is 0 Å². The van der Waals surface area contributed by atoms with E-state index < -0.39 is 15.1 Å². The molecule has 5 nitrogen and oxygen atoms in total. The van der Waals surface area contributed by atoms with Crippen LogP contribution in [0.3, 0.4) is 0 Å². The molecule has 14 heavy (non-hydrogen) atoms. The lowest BCUT2D eigenvalue weighted by atomic mass is 10.1. The molecule has 0 spiro atoms. The maximum Gasteiger partial charge on any atom is 0.228 e. The summed E-state index contributed by atoms with van der Waals surface area (Å²) in [4.78, 5) is 0. The van der Waals surface area contributed by atoms with E-state index in [0.717, 1.165) is 0 Å². The number of rotatable bonds is 1. The van der Waals surface area contributed by atoms with Crippen LogP contribution in [-0.4, -0.2) is 19.3 Å². The average molecular weight is 237 g/mol. The molecule has 1 aliphatic heterocycles. The molecule has 1 fully saturated rings. The maximum absolute atomic E-state index is 11.6. The minimum atomic E-state index is -3.12. The Kier molecular flexibility index (Phi) is 2.19. The van der Waals surface area contributed by atoms with Crippen LogP contribution in [0.5, 0.6) is 0 Å². The van der Waals surface area contributed by atoms with Crippen molar-refractivity contribution < 1.29 is 12.9 Å². The summed E-state index contributed by atoms with van der Waals surface area (Å²) in [6.07, 6.45) is 1.17. The summed E-state index contributed by atoms with van der Waals surface area (Å²) in [5.41, 5.74) is 5.79. The quantitative estimate of drug-likeness (QED) is 0.791. The minimum absolute atomic E-state index is 0.00507. The first-order valence-corrected chi connectivity index (χ1v) is 6.24. The second-order valence-corrected chi connectivity index (χ2v) is 5.91. The van der Waals surface area contributed by atoms with Crippen LogP contribution in [-0.2, 0) is 9.84 Å². The van der Waals surface area contributed by atoms with Crippen LogP contribution in [0.25, 0.3) is 0 Å². The number of hydrogen-bond acceptors (Lipinski definition) is 5. The number of nitrogen functional groups attached to an aromatic ring is 1. The van der Waals surface area contributed by atoms with Crippen molar-refractivity contribution in [3.05, 3.63) is 10.7 Å². The molecule has 0 radical (unpaired) electrons. The summed E-state index contributed by atoms with van der Waals surface area (Å²) in [5, 5.41) is 2.84. The van der Waals surface area contributed by atoms with E-state index >= 15 is 0 Å². The van der Waals surface area contributed by atoms with Gasteiger partial charge < -0.3 is 10.3 Å². The lowest BCUT2D eigenvalue weighted by Crippen LogP contribution is -2.09. The molecule has 78 valence electrons. The highest BCUT2D eigenvalue weighted by molar-refractivity contribution is 7.91. The van der Waals surface area contributed by atoms with Gasteiger partial charge in [-0.05, 0) is 12.8 Å². The Hall–Kier alpha value is -0.750. The first-order valence-electron chi connectivity index (χ1n) is 4.14. The summed E-state index contributed by atoms with van der Waals surface area (Å²) in [6.45, 7) is 0. The highest BCUT2D eigenvalue weighted by Gasteiger charge is 2.37. The van der Waals surface area contributed by atoms with Crippen molar-refractivity contribution >= 4 is 27.3 Å². The maximum atomic E-state index is 11.6. The van der Waals surface area contributed by atoms with Gasteiger partial charge in [-0.1, -0.05) is 16.8 Å². The molecule has 1 aliphatic rings.